The van der Waals surface area contributed by atoms with Crippen LogP contribution in [0.25, 0.3) is 10.9 Å². The summed E-state index contributed by atoms with van der Waals surface area (Å²) < 4.78 is 7.23. The van der Waals surface area contributed by atoms with Crippen molar-refractivity contribution in [3.63, 3.8) is 0 Å². The van der Waals surface area contributed by atoms with Gasteiger partial charge >= 0.3 is 6.09 Å². The van der Waals surface area contributed by atoms with Gasteiger partial charge in [-0.2, -0.15) is 0 Å². The number of carbonyl (C=O) groups excluding carboxylic acids is 1. The zero-order chi connectivity index (χ0) is 11.0. The molecule has 0 radical (unpaired) electrons. The highest BCUT2D eigenvalue weighted by Crippen LogP contribution is 2.30. The lowest BCUT2D eigenvalue weighted by atomic mass is 10.2. The fourth-order valence-electron chi connectivity index (χ4n) is 1.65. The van der Waals surface area contributed by atoms with Gasteiger partial charge in [0.25, 0.3) is 0 Å². The molecule has 1 aromatic carbocycles. The van der Waals surface area contributed by atoms with Crippen LogP contribution in [0.3, 0.4) is 0 Å². The Morgan fingerprint density at radius 2 is 2.07 bits per heavy atom. The first-order valence-electron chi connectivity index (χ1n) is 4.50. The molecule has 0 saturated heterocycles. The number of fused-ring (bicyclic) bond motifs is 1. The SMILES string of the molecule is COC(=O)n1c(C)c(Br)c2ccccc21. The second kappa shape index (κ2) is 3.70. The molecule has 0 atom stereocenters. The highest BCUT2D eigenvalue weighted by Gasteiger charge is 2.16. The summed E-state index contributed by atoms with van der Waals surface area (Å²) in [5.74, 6) is 0. The summed E-state index contributed by atoms with van der Waals surface area (Å²) in [5, 5.41) is 1.01. The molecular formula is C11H10BrNO2. The minimum absolute atomic E-state index is 0.366. The molecule has 0 aliphatic rings. The van der Waals surface area contributed by atoms with E-state index in [-0.39, 0.29) is 6.09 Å². The molecule has 2 aromatic rings. The molecule has 0 bridgehead atoms. The number of hydrogen-bond acceptors (Lipinski definition) is 2. The van der Waals surface area contributed by atoms with E-state index >= 15 is 0 Å². The smallest absolute Gasteiger partial charge is 0.418 e. The summed E-state index contributed by atoms with van der Waals surface area (Å²) >= 11 is 3.47. The van der Waals surface area contributed by atoms with E-state index in [1.54, 1.807) is 4.57 Å². The summed E-state index contributed by atoms with van der Waals surface area (Å²) in [6.45, 7) is 1.88. The molecule has 0 amide bonds. The van der Waals surface area contributed by atoms with Gasteiger partial charge in [-0.25, -0.2) is 9.36 Å². The van der Waals surface area contributed by atoms with Crippen LogP contribution in [0, 0.1) is 6.92 Å². The number of nitrogens with zero attached hydrogens (tertiary/aromatic N) is 1. The molecule has 0 aliphatic heterocycles. The quantitative estimate of drug-likeness (QED) is 0.733. The summed E-state index contributed by atoms with van der Waals surface area (Å²) in [4.78, 5) is 11.6. The lowest BCUT2D eigenvalue weighted by Gasteiger charge is -2.03. The first kappa shape index (κ1) is 10.2. The van der Waals surface area contributed by atoms with Crippen molar-refractivity contribution >= 4 is 32.9 Å². The van der Waals surface area contributed by atoms with Crippen LogP contribution in [0.4, 0.5) is 4.79 Å². The number of halogens is 1. The monoisotopic (exact) mass is 267 g/mol. The highest BCUT2D eigenvalue weighted by molar-refractivity contribution is 9.10. The van der Waals surface area contributed by atoms with Crippen LogP contribution in [0.1, 0.15) is 5.69 Å². The van der Waals surface area contributed by atoms with Gasteiger partial charge in [-0.15, -0.1) is 0 Å². The maximum Gasteiger partial charge on any atom is 0.418 e. The maximum atomic E-state index is 11.6. The molecule has 0 N–H and O–H groups in total. The minimum atomic E-state index is -0.366. The topological polar surface area (TPSA) is 31.2 Å². The molecule has 1 aromatic heterocycles. The standard InChI is InChI=1S/C11H10BrNO2/c1-7-10(12)8-5-3-4-6-9(8)13(7)11(14)15-2/h3-6H,1-2H3. The fraction of sp³-hybridized carbons (Fsp3) is 0.182. The van der Waals surface area contributed by atoms with E-state index < -0.39 is 0 Å². The maximum absolute atomic E-state index is 11.6. The second-order valence-corrected chi connectivity index (χ2v) is 4.01. The van der Waals surface area contributed by atoms with Gasteiger partial charge in [0.15, 0.2) is 0 Å². The van der Waals surface area contributed by atoms with Gasteiger partial charge in [-0.05, 0) is 28.9 Å². The van der Waals surface area contributed by atoms with Gasteiger partial charge in [-0.1, -0.05) is 18.2 Å². The predicted octanol–water partition coefficient (Wildman–Crippen LogP) is 3.33. The first-order chi connectivity index (χ1) is 7.16. The van der Waals surface area contributed by atoms with E-state index in [2.05, 4.69) is 15.9 Å². The molecule has 0 saturated carbocycles. The molecular weight excluding hydrogens is 258 g/mol. The zero-order valence-electron chi connectivity index (χ0n) is 8.45. The average Bonchev–Trinajstić information content (AvgIpc) is 2.52. The number of hydrogen-bond donors (Lipinski definition) is 0. The third kappa shape index (κ3) is 1.45. The van der Waals surface area contributed by atoms with Crippen molar-refractivity contribution in [2.45, 2.75) is 6.92 Å². The summed E-state index contributed by atoms with van der Waals surface area (Å²) in [6.07, 6.45) is -0.366. The van der Waals surface area contributed by atoms with Gasteiger partial charge in [0.1, 0.15) is 0 Å². The Morgan fingerprint density at radius 1 is 1.40 bits per heavy atom. The Labute approximate surface area is 95.8 Å². The van der Waals surface area contributed by atoms with Gasteiger partial charge in [0.05, 0.1) is 12.6 Å². The minimum Gasteiger partial charge on any atom is -0.452 e. The number of aromatic nitrogens is 1. The Bertz CT molecular complexity index is 531. The molecule has 0 unspecified atom stereocenters. The lowest BCUT2D eigenvalue weighted by molar-refractivity contribution is 0.173. The molecule has 2 rings (SSSR count). The van der Waals surface area contributed by atoms with E-state index in [1.807, 2.05) is 31.2 Å². The lowest BCUT2D eigenvalue weighted by Crippen LogP contribution is -2.12. The second-order valence-electron chi connectivity index (χ2n) is 3.22. The summed E-state index contributed by atoms with van der Waals surface area (Å²) in [5.41, 5.74) is 1.71. The molecule has 0 fully saturated rings. The summed E-state index contributed by atoms with van der Waals surface area (Å²) in [7, 11) is 1.38. The molecule has 4 heteroatoms. The van der Waals surface area contributed by atoms with Crippen molar-refractivity contribution in [1.29, 1.82) is 0 Å². The van der Waals surface area contributed by atoms with Crippen LogP contribution in [0.2, 0.25) is 0 Å². The number of benzene rings is 1. The molecule has 0 aliphatic carbocycles. The van der Waals surface area contributed by atoms with Crippen molar-refractivity contribution in [3.8, 4) is 0 Å². The van der Waals surface area contributed by atoms with Crippen LogP contribution in [-0.2, 0) is 4.74 Å². The third-order valence-corrected chi connectivity index (χ3v) is 3.39. The molecule has 15 heavy (non-hydrogen) atoms. The van der Waals surface area contributed by atoms with E-state index in [9.17, 15) is 4.79 Å². The fourth-order valence-corrected chi connectivity index (χ4v) is 2.17. The van der Waals surface area contributed by atoms with Crippen molar-refractivity contribution < 1.29 is 9.53 Å². The number of rotatable bonds is 0. The number of ether oxygens (including phenoxy) is 1. The largest absolute Gasteiger partial charge is 0.452 e. The van der Waals surface area contributed by atoms with E-state index in [4.69, 9.17) is 4.74 Å². The van der Waals surface area contributed by atoms with E-state index in [0.717, 1.165) is 21.1 Å². The Hall–Kier alpha value is -1.29. The normalized spacial score (nSPS) is 10.6. The van der Waals surface area contributed by atoms with E-state index in [0.29, 0.717) is 0 Å². The third-order valence-electron chi connectivity index (χ3n) is 2.39. The van der Waals surface area contributed by atoms with Gasteiger partial charge < -0.3 is 4.74 Å². The Morgan fingerprint density at radius 3 is 2.73 bits per heavy atom. The van der Waals surface area contributed by atoms with Crippen molar-refractivity contribution in [3.05, 3.63) is 34.4 Å². The predicted molar refractivity (Wildman–Crippen MR) is 62.2 cm³/mol. The highest BCUT2D eigenvalue weighted by atomic mass is 79.9. The van der Waals surface area contributed by atoms with Gasteiger partial charge in [-0.3, -0.25) is 0 Å². The number of methoxy groups -OCH3 is 1. The van der Waals surface area contributed by atoms with Crippen LogP contribution >= 0.6 is 15.9 Å². The van der Waals surface area contributed by atoms with Crippen LogP contribution < -0.4 is 0 Å². The van der Waals surface area contributed by atoms with Crippen LogP contribution in [0.5, 0.6) is 0 Å². The average molecular weight is 268 g/mol. The molecule has 0 spiro atoms. The van der Waals surface area contributed by atoms with Crippen molar-refractivity contribution in [2.24, 2.45) is 0 Å². The van der Waals surface area contributed by atoms with Crippen LogP contribution in [0.15, 0.2) is 28.7 Å². The number of carbonyl (C=O) groups is 1. The Balaban J connectivity index is 2.83. The van der Waals surface area contributed by atoms with Crippen molar-refractivity contribution in [1.82, 2.24) is 4.57 Å². The van der Waals surface area contributed by atoms with Gasteiger partial charge in [0.2, 0.25) is 0 Å². The summed E-state index contributed by atoms with van der Waals surface area (Å²) in [6, 6.07) is 7.69. The molecule has 3 nitrogen and oxygen atoms in total. The van der Waals surface area contributed by atoms with Crippen LogP contribution in [-0.4, -0.2) is 17.8 Å². The first-order valence-corrected chi connectivity index (χ1v) is 5.30. The van der Waals surface area contributed by atoms with Crippen molar-refractivity contribution in [2.75, 3.05) is 7.11 Å². The van der Waals surface area contributed by atoms with E-state index in [1.165, 1.54) is 7.11 Å². The molecule has 1 heterocycles. The molecule has 78 valence electrons. The van der Waals surface area contributed by atoms with Gasteiger partial charge in [0, 0.05) is 15.6 Å². The Kier molecular flexibility index (Phi) is 2.52. The number of para-hydroxylation sites is 1. The zero-order valence-corrected chi connectivity index (χ0v) is 10.0.